The van der Waals surface area contributed by atoms with Crippen LogP contribution >= 0.6 is 0 Å². The van der Waals surface area contributed by atoms with Gasteiger partial charge in [-0.25, -0.2) is 4.79 Å². The zero-order valence-electron chi connectivity index (χ0n) is 8.36. The Morgan fingerprint density at radius 3 is 3.00 bits per heavy atom. The summed E-state index contributed by atoms with van der Waals surface area (Å²) in [5.74, 6) is 0.116. The first kappa shape index (κ1) is 9.97. The third-order valence-corrected chi connectivity index (χ3v) is 2.37. The summed E-state index contributed by atoms with van der Waals surface area (Å²) in [6, 6.07) is 0. The molecule has 0 aliphatic carbocycles. The lowest BCUT2D eigenvalue weighted by molar-refractivity contribution is 0.0520. The molecule has 2 heterocycles. The molecule has 0 aromatic carbocycles. The smallest absolute Gasteiger partial charge is 0.330 e. The van der Waals surface area contributed by atoms with Crippen LogP contribution in [0.1, 0.15) is 19.1 Å². The first-order valence-electron chi connectivity index (χ1n) is 4.73. The Morgan fingerprint density at radius 2 is 2.40 bits per heavy atom. The summed E-state index contributed by atoms with van der Waals surface area (Å²) in [4.78, 5) is 24.9. The molecule has 0 bridgehead atoms. The predicted molar refractivity (Wildman–Crippen MR) is 52.1 cm³/mol. The largest absolute Gasteiger partial charge is 0.490 e. The van der Waals surface area contributed by atoms with Gasteiger partial charge in [0, 0.05) is 6.61 Å². The number of hydrogen-bond donors (Lipinski definition) is 1. The minimum atomic E-state index is -0.517. The zero-order valence-corrected chi connectivity index (χ0v) is 8.36. The summed E-state index contributed by atoms with van der Waals surface area (Å²) in [7, 11) is 1.38. The quantitative estimate of drug-likeness (QED) is 0.740. The highest BCUT2D eigenvalue weighted by Crippen LogP contribution is 2.21. The van der Waals surface area contributed by atoms with E-state index in [1.54, 1.807) is 0 Å². The van der Waals surface area contributed by atoms with E-state index in [0.717, 1.165) is 12.8 Å². The SMILES string of the molecule is COc1cn(C2CCCO2)c(=O)[nH]c1=O. The van der Waals surface area contributed by atoms with Gasteiger partial charge in [-0.15, -0.1) is 0 Å². The maximum absolute atomic E-state index is 11.5. The number of hydrogen-bond acceptors (Lipinski definition) is 4. The lowest BCUT2D eigenvalue weighted by Gasteiger charge is -2.12. The van der Waals surface area contributed by atoms with Gasteiger partial charge in [0.2, 0.25) is 5.75 Å². The Morgan fingerprint density at radius 1 is 1.60 bits per heavy atom. The molecule has 1 aromatic rings. The van der Waals surface area contributed by atoms with Crippen molar-refractivity contribution in [2.75, 3.05) is 13.7 Å². The van der Waals surface area contributed by atoms with Crippen LogP contribution in [0.5, 0.6) is 5.75 Å². The summed E-state index contributed by atoms with van der Waals surface area (Å²) >= 11 is 0. The molecule has 1 aliphatic heterocycles. The van der Waals surface area contributed by atoms with Crippen molar-refractivity contribution in [3.63, 3.8) is 0 Å². The van der Waals surface area contributed by atoms with Crippen molar-refractivity contribution in [3.05, 3.63) is 27.0 Å². The molecule has 0 radical (unpaired) electrons. The lowest BCUT2D eigenvalue weighted by Crippen LogP contribution is -2.32. The molecular formula is C9H12N2O4. The molecule has 1 aromatic heterocycles. The third kappa shape index (κ3) is 1.80. The van der Waals surface area contributed by atoms with Crippen molar-refractivity contribution in [1.82, 2.24) is 9.55 Å². The van der Waals surface area contributed by atoms with Gasteiger partial charge in [0.25, 0.3) is 5.56 Å². The van der Waals surface area contributed by atoms with Crippen LogP contribution in [0.25, 0.3) is 0 Å². The average molecular weight is 212 g/mol. The standard InChI is InChI=1S/C9H12N2O4/c1-14-6-5-11(7-3-2-4-15-7)9(13)10-8(6)12/h5,7H,2-4H2,1H3,(H,10,12,13). The van der Waals surface area contributed by atoms with Crippen LogP contribution in [0.2, 0.25) is 0 Å². The van der Waals surface area contributed by atoms with Gasteiger partial charge in [0.15, 0.2) is 0 Å². The van der Waals surface area contributed by atoms with Crippen molar-refractivity contribution in [1.29, 1.82) is 0 Å². The topological polar surface area (TPSA) is 73.3 Å². The molecule has 1 aliphatic rings. The van der Waals surface area contributed by atoms with Crippen LogP contribution in [0.3, 0.4) is 0 Å². The van der Waals surface area contributed by atoms with Crippen LogP contribution < -0.4 is 16.0 Å². The highest BCUT2D eigenvalue weighted by molar-refractivity contribution is 5.11. The van der Waals surface area contributed by atoms with Crippen LogP contribution in [-0.2, 0) is 4.74 Å². The molecule has 1 fully saturated rings. The van der Waals surface area contributed by atoms with E-state index in [0.29, 0.717) is 6.61 Å². The first-order valence-corrected chi connectivity index (χ1v) is 4.73. The number of ether oxygens (including phenoxy) is 2. The molecule has 1 unspecified atom stereocenters. The summed E-state index contributed by atoms with van der Waals surface area (Å²) in [5.41, 5.74) is -0.982. The van der Waals surface area contributed by atoms with Gasteiger partial charge in [0.1, 0.15) is 6.23 Å². The van der Waals surface area contributed by atoms with Crippen molar-refractivity contribution in [2.45, 2.75) is 19.1 Å². The van der Waals surface area contributed by atoms with E-state index in [1.807, 2.05) is 0 Å². The van der Waals surface area contributed by atoms with Gasteiger partial charge in [-0.3, -0.25) is 14.3 Å². The van der Waals surface area contributed by atoms with Crippen molar-refractivity contribution in [3.8, 4) is 5.75 Å². The fourth-order valence-corrected chi connectivity index (χ4v) is 1.61. The number of aromatic amines is 1. The molecule has 2 rings (SSSR count). The number of aromatic nitrogens is 2. The van der Waals surface area contributed by atoms with Crippen LogP contribution in [0, 0.1) is 0 Å². The van der Waals surface area contributed by atoms with E-state index in [2.05, 4.69) is 4.98 Å². The Kier molecular flexibility index (Phi) is 2.59. The summed E-state index contributed by atoms with van der Waals surface area (Å²) in [5, 5.41) is 0. The van der Waals surface area contributed by atoms with Crippen molar-refractivity contribution in [2.24, 2.45) is 0 Å². The number of rotatable bonds is 2. The van der Waals surface area contributed by atoms with E-state index in [-0.39, 0.29) is 12.0 Å². The first-order chi connectivity index (χ1) is 7.22. The Labute approximate surface area is 85.4 Å². The van der Waals surface area contributed by atoms with Crippen LogP contribution in [0.15, 0.2) is 15.8 Å². The average Bonchev–Trinajstić information content (AvgIpc) is 2.71. The van der Waals surface area contributed by atoms with Gasteiger partial charge >= 0.3 is 5.69 Å². The van der Waals surface area contributed by atoms with Gasteiger partial charge in [0.05, 0.1) is 13.3 Å². The predicted octanol–water partition coefficient (Wildman–Crippen LogP) is -0.146. The minimum Gasteiger partial charge on any atom is -0.490 e. The highest BCUT2D eigenvalue weighted by atomic mass is 16.5. The third-order valence-electron chi connectivity index (χ3n) is 2.37. The van der Waals surface area contributed by atoms with E-state index in [4.69, 9.17) is 9.47 Å². The van der Waals surface area contributed by atoms with Crippen LogP contribution in [0.4, 0.5) is 0 Å². The molecule has 0 spiro atoms. The minimum absolute atomic E-state index is 0.116. The normalized spacial score (nSPS) is 20.5. The second kappa shape index (κ2) is 3.90. The molecule has 6 nitrogen and oxygen atoms in total. The maximum Gasteiger partial charge on any atom is 0.330 e. The highest BCUT2D eigenvalue weighted by Gasteiger charge is 2.19. The fraction of sp³-hybridized carbons (Fsp3) is 0.556. The van der Waals surface area contributed by atoms with Crippen molar-refractivity contribution >= 4 is 0 Å². The summed E-state index contributed by atoms with van der Waals surface area (Å²) < 4.78 is 11.5. The molecule has 1 atom stereocenters. The molecule has 0 saturated carbocycles. The Bertz CT molecular complexity index is 456. The summed E-state index contributed by atoms with van der Waals surface area (Å²) in [6.07, 6.45) is 2.79. The summed E-state index contributed by atoms with van der Waals surface area (Å²) in [6.45, 7) is 0.637. The van der Waals surface area contributed by atoms with Gasteiger partial charge in [-0.2, -0.15) is 0 Å². The molecule has 6 heteroatoms. The second-order valence-corrected chi connectivity index (χ2v) is 3.33. The molecule has 0 amide bonds. The molecule has 15 heavy (non-hydrogen) atoms. The lowest BCUT2D eigenvalue weighted by atomic mass is 10.3. The number of H-pyrrole nitrogens is 1. The molecule has 82 valence electrons. The maximum atomic E-state index is 11.5. The zero-order chi connectivity index (χ0) is 10.8. The van der Waals surface area contributed by atoms with Gasteiger partial charge < -0.3 is 9.47 Å². The number of methoxy groups -OCH3 is 1. The number of nitrogens with zero attached hydrogens (tertiary/aromatic N) is 1. The van der Waals surface area contributed by atoms with E-state index >= 15 is 0 Å². The van der Waals surface area contributed by atoms with Crippen LogP contribution in [-0.4, -0.2) is 23.3 Å². The molecule has 1 N–H and O–H groups in total. The Balaban J connectivity index is 2.46. The molecule has 1 saturated heterocycles. The van der Waals surface area contributed by atoms with E-state index < -0.39 is 11.2 Å². The van der Waals surface area contributed by atoms with E-state index in [9.17, 15) is 9.59 Å². The second-order valence-electron chi connectivity index (χ2n) is 3.33. The molecular weight excluding hydrogens is 200 g/mol. The van der Waals surface area contributed by atoms with E-state index in [1.165, 1.54) is 17.9 Å². The van der Waals surface area contributed by atoms with Crippen molar-refractivity contribution < 1.29 is 9.47 Å². The fourth-order valence-electron chi connectivity index (χ4n) is 1.61. The Hall–Kier alpha value is -1.56. The monoisotopic (exact) mass is 212 g/mol. The number of nitrogens with one attached hydrogen (secondary N) is 1. The van der Waals surface area contributed by atoms with Gasteiger partial charge in [-0.05, 0) is 12.8 Å². The van der Waals surface area contributed by atoms with Gasteiger partial charge in [-0.1, -0.05) is 0 Å².